The number of ether oxygens (including phenoxy) is 3. The average Bonchev–Trinajstić information content (AvgIpc) is 3.23. The number of aliphatic imine (C=N–C) groups is 1. The van der Waals surface area contributed by atoms with Crippen LogP contribution >= 0.6 is 11.6 Å². The lowest BCUT2D eigenvalue weighted by atomic mass is 9.95. The Bertz CT molecular complexity index is 2690. The van der Waals surface area contributed by atoms with Gasteiger partial charge < -0.3 is 19.3 Å². The van der Waals surface area contributed by atoms with Gasteiger partial charge in [0.05, 0.1) is 17.7 Å². The number of aromatic nitrogens is 4. The van der Waals surface area contributed by atoms with Gasteiger partial charge >= 0.3 is 5.97 Å². The van der Waals surface area contributed by atoms with E-state index in [-0.39, 0.29) is 47.4 Å². The predicted octanol–water partition coefficient (Wildman–Crippen LogP) is 8.65. The van der Waals surface area contributed by atoms with Crippen molar-refractivity contribution in [3.63, 3.8) is 0 Å². The van der Waals surface area contributed by atoms with E-state index in [4.69, 9.17) is 35.8 Å². The van der Waals surface area contributed by atoms with Crippen molar-refractivity contribution in [2.24, 2.45) is 4.99 Å². The van der Waals surface area contributed by atoms with E-state index in [1.807, 2.05) is 86.6 Å². The number of hydrogen-bond donors (Lipinski definition) is 2. The largest absolute Gasteiger partial charge is 0.507 e. The van der Waals surface area contributed by atoms with Crippen molar-refractivity contribution in [1.82, 2.24) is 19.9 Å². The highest BCUT2D eigenvalue weighted by atomic mass is 35.5. The van der Waals surface area contributed by atoms with E-state index in [2.05, 4.69) is 15.6 Å². The summed E-state index contributed by atoms with van der Waals surface area (Å²) < 4.78 is 18.6. The molecule has 7 rings (SSSR count). The number of rotatable bonds is 11. The number of nitrogens with one attached hydrogen (secondary N) is 1. The highest BCUT2D eigenvalue weighted by Gasteiger charge is 2.32. The summed E-state index contributed by atoms with van der Waals surface area (Å²) in [6, 6.07) is 30.6. The Morgan fingerprint density at radius 1 is 0.966 bits per heavy atom. The molecule has 2 N–H and O–H groups in total. The second-order valence-electron chi connectivity index (χ2n) is 13.0. The van der Waals surface area contributed by atoms with Gasteiger partial charge in [0, 0.05) is 34.5 Å². The standard InChI is InChI=1S/C44H36ClN7O6/c1-5-56-42(55)35-34(27-17-19-30(45)20-18-27)32(23-46)41(54)52(40(35)47-24-33-38(53)31-22-25(3)21-26(4)39(31)58-43(33)57-6-2)51-44-48-36(28-13-9-7-10-14-28)37(49-50-44)29-15-11-8-12-16-29/h7-22,24,43,53H,5-6H2,1-4H3,(H,48,50,51)/b47-24+. The van der Waals surface area contributed by atoms with Crippen molar-refractivity contribution in [2.75, 3.05) is 18.6 Å². The maximum absolute atomic E-state index is 14.6. The zero-order valence-corrected chi connectivity index (χ0v) is 32.6. The summed E-state index contributed by atoms with van der Waals surface area (Å²) in [6.45, 7) is 7.30. The number of carbonyl (C=O) groups is 1. The molecule has 0 aliphatic carbocycles. The number of anilines is 1. The molecule has 4 aromatic carbocycles. The van der Waals surface area contributed by atoms with E-state index in [0.29, 0.717) is 38.9 Å². The molecule has 1 aliphatic heterocycles. The summed E-state index contributed by atoms with van der Waals surface area (Å²) in [5.74, 6) is -1.12. The van der Waals surface area contributed by atoms with Gasteiger partial charge in [-0.3, -0.25) is 10.2 Å². The maximum Gasteiger partial charge on any atom is 0.342 e. The number of pyridine rings is 1. The summed E-state index contributed by atoms with van der Waals surface area (Å²) in [4.78, 5) is 38.3. The Kier molecular flexibility index (Phi) is 11.4. The molecule has 1 aliphatic rings. The van der Waals surface area contributed by atoms with Gasteiger partial charge in [-0.15, -0.1) is 10.2 Å². The van der Waals surface area contributed by atoms with Gasteiger partial charge in [-0.2, -0.15) is 9.94 Å². The fraction of sp³-hybridized carbons (Fsp3) is 0.159. The van der Waals surface area contributed by atoms with Gasteiger partial charge in [0.2, 0.25) is 6.29 Å². The molecular weight excluding hydrogens is 758 g/mol. The minimum absolute atomic E-state index is 0.0488. The molecule has 14 heteroatoms. The van der Waals surface area contributed by atoms with E-state index < -0.39 is 23.4 Å². The summed E-state index contributed by atoms with van der Waals surface area (Å²) in [5, 5.41) is 31.5. The first-order valence-corrected chi connectivity index (χ1v) is 18.7. The highest BCUT2D eigenvalue weighted by molar-refractivity contribution is 6.30. The molecule has 1 unspecified atom stereocenters. The number of esters is 1. The number of halogens is 1. The molecule has 0 fully saturated rings. The molecule has 13 nitrogen and oxygen atoms in total. The van der Waals surface area contributed by atoms with Crippen LogP contribution in [0.15, 0.2) is 112 Å². The normalized spacial score (nSPS) is 13.5. The zero-order valence-electron chi connectivity index (χ0n) is 31.9. The minimum atomic E-state index is -1.12. The number of aliphatic hydroxyl groups excluding tert-OH is 1. The van der Waals surface area contributed by atoms with Crippen LogP contribution in [0.25, 0.3) is 39.4 Å². The van der Waals surface area contributed by atoms with Crippen LogP contribution in [0.1, 0.15) is 46.5 Å². The van der Waals surface area contributed by atoms with Gasteiger partial charge in [0.25, 0.3) is 11.5 Å². The van der Waals surface area contributed by atoms with Crippen LogP contribution in [-0.2, 0) is 9.47 Å². The molecule has 58 heavy (non-hydrogen) atoms. The molecular formula is C44H36ClN7O6. The third kappa shape index (κ3) is 7.66. The Balaban J connectivity index is 1.50. The summed E-state index contributed by atoms with van der Waals surface area (Å²) >= 11 is 6.23. The van der Waals surface area contributed by atoms with Crippen molar-refractivity contribution in [1.29, 1.82) is 5.26 Å². The Morgan fingerprint density at radius 2 is 1.64 bits per heavy atom. The summed E-state index contributed by atoms with van der Waals surface area (Å²) in [5.41, 5.74) is 6.11. The van der Waals surface area contributed by atoms with E-state index >= 15 is 0 Å². The van der Waals surface area contributed by atoms with Gasteiger partial charge in [0.1, 0.15) is 40.1 Å². The summed E-state index contributed by atoms with van der Waals surface area (Å²) in [6.07, 6.45) is 0.124. The van der Waals surface area contributed by atoms with Crippen LogP contribution < -0.4 is 15.7 Å². The van der Waals surface area contributed by atoms with Crippen molar-refractivity contribution < 1.29 is 24.1 Å². The number of aryl methyl sites for hydroxylation is 2. The molecule has 0 amide bonds. The van der Waals surface area contributed by atoms with E-state index in [1.54, 1.807) is 44.2 Å². The molecule has 3 heterocycles. The van der Waals surface area contributed by atoms with Crippen LogP contribution in [-0.4, -0.2) is 56.7 Å². The maximum atomic E-state index is 14.6. The zero-order chi connectivity index (χ0) is 40.9. The van der Waals surface area contributed by atoms with Crippen LogP contribution in [0.4, 0.5) is 11.8 Å². The molecule has 1 atom stereocenters. The number of nitrogens with zero attached hydrogens (tertiary/aromatic N) is 6. The quantitative estimate of drug-likeness (QED) is 0.0949. The molecule has 0 saturated carbocycles. The van der Waals surface area contributed by atoms with Gasteiger partial charge in [0.15, 0.2) is 5.82 Å². The van der Waals surface area contributed by atoms with Crippen molar-refractivity contribution >= 4 is 41.3 Å². The number of benzene rings is 4. The van der Waals surface area contributed by atoms with Crippen LogP contribution in [0, 0.1) is 25.2 Å². The lowest BCUT2D eigenvalue weighted by Gasteiger charge is -2.28. The number of nitriles is 1. The SMILES string of the molecule is CCOC(=O)c1c(-c2ccc(Cl)cc2)c(C#N)c(=O)n(Nc2nnc(-c3ccccc3)c(-c3ccccc3)n2)c1/N=C/C1=C(O)c2cc(C)cc(C)c2OC1OCC. The Morgan fingerprint density at radius 3 is 2.28 bits per heavy atom. The topological polar surface area (TPSA) is 174 Å². The lowest BCUT2D eigenvalue weighted by Crippen LogP contribution is -2.32. The molecule has 0 saturated heterocycles. The first kappa shape index (κ1) is 39.1. The monoisotopic (exact) mass is 793 g/mol. The smallest absolute Gasteiger partial charge is 0.342 e. The fourth-order valence-corrected chi connectivity index (χ4v) is 6.73. The van der Waals surface area contributed by atoms with Crippen molar-refractivity contribution in [3.05, 3.63) is 146 Å². The van der Waals surface area contributed by atoms with E-state index in [1.165, 1.54) is 6.21 Å². The van der Waals surface area contributed by atoms with Gasteiger partial charge in [-0.1, -0.05) is 90.5 Å². The lowest BCUT2D eigenvalue weighted by molar-refractivity contribution is -0.0476. The number of aliphatic hydroxyl groups is 1. The second kappa shape index (κ2) is 16.9. The second-order valence-corrected chi connectivity index (χ2v) is 13.5. The van der Waals surface area contributed by atoms with Crippen LogP contribution in [0.5, 0.6) is 5.75 Å². The van der Waals surface area contributed by atoms with Crippen LogP contribution in [0.2, 0.25) is 5.02 Å². The third-order valence-corrected chi connectivity index (χ3v) is 9.39. The van der Waals surface area contributed by atoms with Gasteiger partial charge in [-0.05, 0) is 62.6 Å². The third-order valence-electron chi connectivity index (χ3n) is 9.14. The van der Waals surface area contributed by atoms with Crippen molar-refractivity contribution in [2.45, 2.75) is 34.0 Å². The molecule has 2 aromatic heterocycles. The van der Waals surface area contributed by atoms with Crippen LogP contribution in [0.3, 0.4) is 0 Å². The van der Waals surface area contributed by atoms with Gasteiger partial charge in [-0.25, -0.2) is 14.8 Å². The Hall–Kier alpha value is -7.14. The first-order chi connectivity index (χ1) is 28.1. The number of fused-ring (bicyclic) bond motifs is 1. The molecule has 0 spiro atoms. The summed E-state index contributed by atoms with van der Waals surface area (Å²) in [7, 11) is 0. The first-order valence-electron chi connectivity index (χ1n) is 18.3. The number of carbonyl (C=O) groups excluding carboxylic acids is 1. The molecule has 0 bridgehead atoms. The van der Waals surface area contributed by atoms with E-state index in [9.17, 15) is 20.0 Å². The Labute approximate surface area is 338 Å². The van der Waals surface area contributed by atoms with E-state index in [0.717, 1.165) is 21.4 Å². The van der Waals surface area contributed by atoms with Crippen molar-refractivity contribution in [3.8, 4) is 45.5 Å². The predicted molar refractivity (Wildman–Crippen MR) is 221 cm³/mol. The fourth-order valence-electron chi connectivity index (χ4n) is 6.61. The minimum Gasteiger partial charge on any atom is -0.507 e. The number of hydrogen-bond acceptors (Lipinski definition) is 12. The average molecular weight is 794 g/mol. The molecule has 6 aromatic rings. The molecule has 290 valence electrons. The molecule has 0 radical (unpaired) electrons. The highest BCUT2D eigenvalue weighted by Crippen LogP contribution is 2.39.